The van der Waals surface area contributed by atoms with E-state index in [2.05, 4.69) is 29.6 Å². The van der Waals surface area contributed by atoms with Crippen molar-refractivity contribution in [2.45, 2.75) is 31.6 Å². The van der Waals surface area contributed by atoms with Gasteiger partial charge in [0.15, 0.2) is 0 Å². The number of hydrogen-bond donors (Lipinski definition) is 1. The highest BCUT2D eigenvalue weighted by atomic mass is 16.2. The first-order chi connectivity index (χ1) is 9.25. The molecule has 1 N–H and O–H groups in total. The summed E-state index contributed by atoms with van der Waals surface area (Å²) in [7, 11) is 1.89. The van der Waals surface area contributed by atoms with Crippen molar-refractivity contribution >= 4 is 11.6 Å². The van der Waals surface area contributed by atoms with Crippen molar-refractivity contribution in [1.29, 1.82) is 0 Å². The molecule has 0 aromatic heterocycles. The molecule has 3 rings (SSSR count). The molecule has 0 bridgehead atoms. The van der Waals surface area contributed by atoms with Gasteiger partial charge in [-0.2, -0.15) is 0 Å². The first-order valence-corrected chi connectivity index (χ1v) is 7.34. The molecule has 102 valence electrons. The maximum absolute atomic E-state index is 12.0. The predicted octanol–water partition coefficient (Wildman–Crippen LogP) is 2.53. The van der Waals surface area contributed by atoms with Crippen LogP contribution in [0.5, 0.6) is 0 Å². The molecule has 1 saturated carbocycles. The molecule has 1 aliphatic carbocycles. The summed E-state index contributed by atoms with van der Waals surface area (Å²) in [5, 5.41) is 3.40. The van der Waals surface area contributed by atoms with E-state index in [-0.39, 0.29) is 11.8 Å². The normalized spacial score (nSPS) is 20.3. The van der Waals surface area contributed by atoms with Crippen LogP contribution in [0.1, 0.15) is 37.2 Å². The Morgan fingerprint density at radius 2 is 1.74 bits per heavy atom. The molecular formula is C16H22N2O. The average Bonchev–Trinajstić information content (AvgIpc) is 3.31. The third kappa shape index (κ3) is 2.81. The first kappa shape index (κ1) is 12.7. The first-order valence-electron chi connectivity index (χ1n) is 7.34. The number of carbonyl (C=O) groups excluding carboxylic acids is 1. The molecule has 0 unspecified atom stereocenters. The molecule has 3 heteroatoms. The highest BCUT2D eigenvalue weighted by molar-refractivity contribution is 5.95. The van der Waals surface area contributed by atoms with Crippen molar-refractivity contribution in [3.05, 3.63) is 29.8 Å². The lowest BCUT2D eigenvalue weighted by Gasteiger charge is -2.24. The second kappa shape index (κ2) is 5.33. The summed E-state index contributed by atoms with van der Waals surface area (Å²) < 4.78 is 0. The van der Waals surface area contributed by atoms with Crippen LogP contribution in [0.15, 0.2) is 24.3 Å². The molecule has 2 fully saturated rings. The Labute approximate surface area is 115 Å². The van der Waals surface area contributed by atoms with E-state index in [9.17, 15) is 4.79 Å². The summed E-state index contributed by atoms with van der Waals surface area (Å²) in [5.74, 6) is 1.24. The Kier molecular flexibility index (Phi) is 3.56. The van der Waals surface area contributed by atoms with Crippen LogP contribution in [0.3, 0.4) is 0 Å². The van der Waals surface area contributed by atoms with Crippen molar-refractivity contribution in [2.75, 3.05) is 25.0 Å². The van der Waals surface area contributed by atoms with E-state index in [0.29, 0.717) is 5.92 Å². The van der Waals surface area contributed by atoms with Crippen molar-refractivity contribution in [2.24, 2.45) is 5.92 Å². The number of anilines is 1. The minimum absolute atomic E-state index is 0.273. The van der Waals surface area contributed by atoms with Crippen LogP contribution in [0.4, 0.5) is 5.69 Å². The van der Waals surface area contributed by atoms with Gasteiger partial charge in [0, 0.05) is 18.7 Å². The highest BCUT2D eigenvalue weighted by Crippen LogP contribution is 2.33. The van der Waals surface area contributed by atoms with Gasteiger partial charge in [-0.3, -0.25) is 4.79 Å². The highest BCUT2D eigenvalue weighted by Gasteiger charge is 2.32. The average molecular weight is 258 g/mol. The second-order valence-electron chi connectivity index (χ2n) is 5.79. The van der Waals surface area contributed by atoms with Gasteiger partial charge >= 0.3 is 0 Å². The Balaban J connectivity index is 1.69. The summed E-state index contributed by atoms with van der Waals surface area (Å²) in [6.45, 7) is 2.24. The Morgan fingerprint density at radius 3 is 2.32 bits per heavy atom. The van der Waals surface area contributed by atoms with E-state index < -0.39 is 0 Å². The molecule has 1 aliphatic heterocycles. The fraction of sp³-hybridized carbons (Fsp3) is 0.562. The second-order valence-corrected chi connectivity index (χ2v) is 5.79. The largest absolute Gasteiger partial charge is 0.317 e. The predicted molar refractivity (Wildman–Crippen MR) is 77.4 cm³/mol. The Bertz CT molecular complexity index is 444. The lowest BCUT2D eigenvalue weighted by molar-refractivity contribution is -0.119. The number of amides is 1. The third-order valence-electron chi connectivity index (χ3n) is 4.35. The fourth-order valence-electron chi connectivity index (χ4n) is 2.86. The van der Waals surface area contributed by atoms with Gasteiger partial charge in [-0.05, 0) is 62.4 Å². The molecule has 19 heavy (non-hydrogen) atoms. The molecule has 1 heterocycles. The molecular weight excluding hydrogens is 236 g/mol. The summed E-state index contributed by atoms with van der Waals surface area (Å²) in [6, 6.07) is 8.58. The topological polar surface area (TPSA) is 32.3 Å². The quantitative estimate of drug-likeness (QED) is 0.903. The van der Waals surface area contributed by atoms with Gasteiger partial charge in [-0.25, -0.2) is 0 Å². The third-order valence-corrected chi connectivity index (χ3v) is 4.35. The smallest absolute Gasteiger partial charge is 0.229 e. The van der Waals surface area contributed by atoms with Gasteiger partial charge in [0.25, 0.3) is 0 Å². The van der Waals surface area contributed by atoms with Crippen molar-refractivity contribution in [1.82, 2.24) is 5.32 Å². The number of benzene rings is 1. The molecule has 1 saturated heterocycles. The summed E-state index contributed by atoms with van der Waals surface area (Å²) in [5.41, 5.74) is 2.44. The number of hydrogen-bond acceptors (Lipinski definition) is 2. The van der Waals surface area contributed by atoms with Crippen LogP contribution in [-0.4, -0.2) is 26.0 Å². The van der Waals surface area contributed by atoms with E-state index in [1.807, 2.05) is 11.9 Å². The maximum atomic E-state index is 12.0. The fourth-order valence-corrected chi connectivity index (χ4v) is 2.86. The molecule has 1 amide bonds. The van der Waals surface area contributed by atoms with Crippen LogP contribution in [0.25, 0.3) is 0 Å². The van der Waals surface area contributed by atoms with Crippen molar-refractivity contribution in [3.63, 3.8) is 0 Å². The van der Waals surface area contributed by atoms with E-state index in [0.717, 1.165) is 31.6 Å². The minimum Gasteiger partial charge on any atom is -0.317 e. The van der Waals surface area contributed by atoms with Crippen LogP contribution < -0.4 is 10.2 Å². The zero-order valence-electron chi connectivity index (χ0n) is 11.6. The molecule has 0 spiro atoms. The Morgan fingerprint density at radius 1 is 1.11 bits per heavy atom. The van der Waals surface area contributed by atoms with Crippen LogP contribution >= 0.6 is 0 Å². The van der Waals surface area contributed by atoms with Crippen molar-refractivity contribution < 1.29 is 4.79 Å². The van der Waals surface area contributed by atoms with Gasteiger partial charge in [0.05, 0.1) is 0 Å². The van der Waals surface area contributed by atoms with E-state index in [4.69, 9.17) is 0 Å². The molecule has 0 radical (unpaired) electrons. The number of nitrogens with one attached hydrogen (secondary N) is 1. The lowest BCUT2D eigenvalue weighted by atomic mass is 9.90. The minimum atomic E-state index is 0.273. The molecule has 1 aromatic carbocycles. The van der Waals surface area contributed by atoms with Gasteiger partial charge in [0.2, 0.25) is 5.91 Å². The molecule has 2 aliphatic rings. The standard InChI is InChI=1S/C16H22N2O/c1-18(16(19)14-2-3-14)15-6-4-12(5-7-15)13-8-10-17-11-9-13/h4-7,13-14,17H,2-3,8-11H2,1H3. The zero-order chi connectivity index (χ0) is 13.2. The molecule has 1 aromatic rings. The van der Waals surface area contributed by atoms with Crippen molar-refractivity contribution in [3.8, 4) is 0 Å². The number of piperidine rings is 1. The van der Waals surface area contributed by atoms with E-state index in [1.54, 1.807) is 0 Å². The van der Waals surface area contributed by atoms with E-state index >= 15 is 0 Å². The summed E-state index contributed by atoms with van der Waals surface area (Å²) >= 11 is 0. The van der Waals surface area contributed by atoms with Crippen LogP contribution in [0.2, 0.25) is 0 Å². The van der Waals surface area contributed by atoms with Crippen LogP contribution in [0, 0.1) is 5.92 Å². The zero-order valence-corrected chi connectivity index (χ0v) is 11.6. The van der Waals surface area contributed by atoms with Gasteiger partial charge in [0.1, 0.15) is 0 Å². The molecule has 0 atom stereocenters. The summed E-state index contributed by atoms with van der Waals surface area (Å²) in [6.07, 6.45) is 4.57. The number of carbonyl (C=O) groups is 1. The van der Waals surface area contributed by atoms with Gasteiger partial charge in [-0.15, -0.1) is 0 Å². The Hall–Kier alpha value is -1.35. The van der Waals surface area contributed by atoms with Gasteiger partial charge < -0.3 is 10.2 Å². The lowest BCUT2D eigenvalue weighted by Crippen LogP contribution is -2.28. The molecule has 3 nitrogen and oxygen atoms in total. The summed E-state index contributed by atoms with van der Waals surface area (Å²) in [4.78, 5) is 13.8. The number of rotatable bonds is 3. The number of nitrogens with zero attached hydrogens (tertiary/aromatic N) is 1. The maximum Gasteiger partial charge on any atom is 0.229 e. The van der Waals surface area contributed by atoms with Gasteiger partial charge in [-0.1, -0.05) is 12.1 Å². The SMILES string of the molecule is CN(C(=O)C1CC1)c1ccc(C2CCNCC2)cc1. The van der Waals surface area contributed by atoms with E-state index in [1.165, 1.54) is 18.4 Å². The van der Waals surface area contributed by atoms with Crippen LogP contribution in [-0.2, 0) is 4.79 Å². The monoisotopic (exact) mass is 258 g/mol.